The van der Waals surface area contributed by atoms with Gasteiger partial charge in [0.15, 0.2) is 0 Å². The highest BCUT2D eigenvalue weighted by molar-refractivity contribution is 9.10. The molecule has 0 saturated heterocycles. The van der Waals surface area contributed by atoms with Gasteiger partial charge >= 0.3 is 0 Å². The summed E-state index contributed by atoms with van der Waals surface area (Å²) in [5.41, 5.74) is 2.84. The van der Waals surface area contributed by atoms with Gasteiger partial charge in [-0.25, -0.2) is 0 Å². The number of nitrogens with one attached hydrogen (secondary N) is 1. The van der Waals surface area contributed by atoms with Crippen LogP contribution in [0.15, 0.2) is 71.5 Å². The number of amides is 1. The quantitative estimate of drug-likeness (QED) is 0.746. The molecule has 4 nitrogen and oxygen atoms in total. The highest BCUT2D eigenvalue weighted by Gasteiger charge is 2.05. The number of nitrogens with zero attached hydrogens (tertiary/aromatic N) is 2. The van der Waals surface area contributed by atoms with Gasteiger partial charge in [-0.3, -0.25) is 9.48 Å². The molecule has 0 bridgehead atoms. The molecule has 23 heavy (non-hydrogen) atoms. The largest absolute Gasteiger partial charge is 0.348 e. The molecule has 0 radical (unpaired) electrons. The van der Waals surface area contributed by atoms with Crippen LogP contribution in [0.25, 0.3) is 0 Å². The minimum absolute atomic E-state index is 0.0674. The van der Waals surface area contributed by atoms with E-state index in [4.69, 9.17) is 0 Å². The summed E-state index contributed by atoms with van der Waals surface area (Å²) in [5, 5.41) is 7.15. The third-order valence-electron chi connectivity index (χ3n) is 3.46. The van der Waals surface area contributed by atoms with Crippen molar-refractivity contribution in [3.05, 3.63) is 88.2 Å². The Kier molecular flexibility index (Phi) is 4.88. The average molecular weight is 370 g/mol. The predicted molar refractivity (Wildman–Crippen MR) is 93.1 cm³/mol. The monoisotopic (exact) mass is 369 g/mol. The summed E-state index contributed by atoms with van der Waals surface area (Å²) in [6, 6.07) is 17.5. The SMILES string of the molecule is O=C(NCc1ccccc1)c1ccc(Cn2cc(Br)cn2)cc1. The molecule has 2 aromatic carbocycles. The summed E-state index contributed by atoms with van der Waals surface area (Å²) < 4.78 is 2.79. The number of hydrogen-bond acceptors (Lipinski definition) is 2. The number of carbonyl (C=O) groups excluding carboxylic acids is 1. The molecule has 1 aromatic heterocycles. The average Bonchev–Trinajstić information content (AvgIpc) is 2.99. The van der Waals surface area contributed by atoms with Crippen LogP contribution in [0.5, 0.6) is 0 Å². The van der Waals surface area contributed by atoms with Gasteiger partial charge in [-0.15, -0.1) is 0 Å². The van der Waals surface area contributed by atoms with Gasteiger partial charge < -0.3 is 5.32 Å². The zero-order chi connectivity index (χ0) is 16.1. The topological polar surface area (TPSA) is 46.9 Å². The smallest absolute Gasteiger partial charge is 0.251 e. The van der Waals surface area contributed by atoms with E-state index >= 15 is 0 Å². The van der Waals surface area contributed by atoms with Gasteiger partial charge in [0.25, 0.3) is 5.91 Å². The van der Waals surface area contributed by atoms with E-state index in [1.54, 1.807) is 6.20 Å². The molecule has 1 N–H and O–H groups in total. The molecule has 0 aliphatic rings. The molecule has 0 saturated carbocycles. The van der Waals surface area contributed by atoms with Crippen LogP contribution in [0, 0.1) is 0 Å². The molecule has 5 heteroatoms. The van der Waals surface area contributed by atoms with Crippen molar-refractivity contribution in [3.63, 3.8) is 0 Å². The highest BCUT2D eigenvalue weighted by Crippen LogP contribution is 2.10. The Morgan fingerprint density at radius 3 is 2.43 bits per heavy atom. The van der Waals surface area contributed by atoms with Crippen molar-refractivity contribution in [3.8, 4) is 0 Å². The number of hydrogen-bond donors (Lipinski definition) is 1. The van der Waals surface area contributed by atoms with Crippen molar-refractivity contribution in [2.75, 3.05) is 0 Å². The van der Waals surface area contributed by atoms with Gasteiger partial charge in [0.05, 0.1) is 17.2 Å². The molecule has 1 heterocycles. The Morgan fingerprint density at radius 1 is 1.04 bits per heavy atom. The summed E-state index contributed by atoms with van der Waals surface area (Å²) in [5.74, 6) is -0.0674. The van der Waals surface area contributed by atoms with Gasteiger partial charge in [0.1, 0.15) is 0 Å². The molecule has 0 atom stereocenters. The number of aromatic nitrogens is 2. The number of benzene rings is 2. The molecule has 0 unspecified atom stereocenters. The van der Waals surface area contributed by atoms with E-state index in [0.717, 1.165) is 15.6 Å². The minimum atomic E-state index is -0.0674. The van der Waals surface area contributed by atoms with Crippen molar-refractivity contribution in [2.24, 2.45) is 0 Å². The lowest BCUT2D eigenvalue weighted by Crippen LogP contribution is -2.22. The first kappa shape index (κ1) is 15.5. The van der Waals surface area contributed by atoms with Crippen LogP contribution in [-0.4, -0.2) is 15.7 Å². The molecule has 0 spiro atoms. The van der Waals surface area contributed by atoms with Crippen LogP contribution in [0.3, 0.4) is 0 Å². The standard InChI is InChI=1S/C18H16BrN3O/c19-17-11-21-22(13-17)12-15-6-8-16(9-7-15)18(23)20-10-14-4-2-1-3-5-14/h1-9,11,13H,10,12H2,(H,20,23). The van der Waals surface area contributed by atoms with Crippen LogP contribution in [0.1, 0.15) is 21.5 Å². The van der Waals surface area contributed by atoms with Gasteiger partial charge in [-0.1, -0.05) is 42.5 Å². The van der Waals surface area contributed by atoms with Crippen LogP contribution in [-0.2, 0) is 13.1 Å². The number of rotatable bonds is 5. The zero-order valence-corrected chi connectivity index (χ0v) is 14.0. The van der Waals surface area contributed by atoms with Crippen molar-refractivity contribution in [2.45, 2.75) is 13.1 Å². The molecular formula is C18H16BrN3O. The normalized spacial score (nSPS) is 10.5. The molecule has 116 valence electrons. The van der Waals surface area contributed by atoms with Crippen molar-refractivity contribution in [1.29, 1.82) is 0 Å². The van der Waals surface area contributed by atoms with Gasteiger partial charge in [0.2, 0.25) is 0 Å². The van der Waals surface area contributed by atoms with Gasteiger partial charge in [0, 0.05) is 18.3 Å². The minimum Gasteiger partial charge on any atom is -0.348 e. The van der Waals surface area contributed by atoms with E-state index in [1.165, 1.54) is 0 Å². The van der Waals surface area contributed by atoms with Gasteiger partial charge in [-0.2, -0.15) is 5.10 Å². The number of carbonyl (C=O) groups is 1. The molecular weight excluding hydrogens is 354 g/mol. The molecule has 0 aliphatic carbocycles. The lowest BCUT2D eigenvalue weighted by atomic mass is 10.1. The Morgan fingerprint density at radius 2 is 1.78 bits per heavy atom. The second kappa shape index (κ2) is 7.24. The van der Waals surface area contributed by atoms with Crippen LogP contribution < -0.4 is 5.32 Å². The fraction of sp³-hybridized carbons (Fsp3) is 0.111. The maximum atomic E-state index is 12.2. The highest BCUT2D eigenvalue weighted by atomic mass is 79.9. The Labute approximate surface area is 143 Å². The van der Waals surface area contributed by atoms with E-state index in [0.29, 0.717) is 18.7 Å². The lowest BCUT2D eigenvalue weighted by molar-refractivity contribution is 0.0951. The van der Waals surface area contributed by atoms with Crippen LogP contribution in [0.2, 0.25) is 0 Å². The van der Waals surface area contributed by atoms with Crippen molar-refractivity contribution >= 4 is 21.8 Å². The second-order valence-corrected chi connectivity index (χ2v) is 6.14. The summed E-state index contributed by atoms with van der Waals surface area (Å²) in [4.78, 5) is 12.2. The molecule has 0 aliphatic heterocycles. The Hall–Kier alpha value is -2.40. The lowest BCUT2D eigenvalue weighted by Gasteiger charge is -2.07. The summed E-state index contributed by atoms with van der Waals surface area (Å²) in [6.45, 7) is 1.21. The Bertz CT molecular complexity index is 782. The summed E-state index contributed by atoms with van der Waals surface area (Å²) in [6.07, 6.45) is 3.67. The molecule has 3 aromatic rings. The third kappa shape index (κ3) is 4.29. The zero-order valence-electron chi connectivity index (χ0n) is 12.4. The second-order valence-electron chi connectivity index (χ2n) is 5.22. The molecule has 1 amide bonds. The van der Waals surface area contributed by atoms with E-state index in [9.17, 15) is 4.79 Å². The predicted octanol–water partition coefficient (Wildman–Crippen LogP) is 3.62. The fourth-order valence-electron chi connectivity index (χ4n) is 2.25. The van der Waals surface area contributed by atoms with Gasteiger partial charge in [-0.05, 0) is 39.2 Å². The van der Waals surface area contributed by atoms with E-state index in [1.807, 2.05) is 65.5 Å². The van der Waals surface area contributed by atoms with Crippen LogP contribution >= 0.6 is 15.9 Å². The summed E-state index contributed by atoms with van der Waals surface area (Å²) >= 11 is 3.38. The fourth-order valence-corrected chi connectivity index (χ4v) is 2.58. The first-order valence-electron chi connectivity index (χ1n) is 7.30. The first-order chi connectivity index (χ1) is 11.2. The van der Waals surface area contributed by atoms with Crippen molar-refractivity contribution in [1.82, 2.24) is 15.1 Å². The first-order valence-corrected chi connectivity index (χ1v) is 8.09. The molecule has 3 rings (SSSR count). The number of halogens is 1. The maximum Gasteiger partial charge on any atom is 0.251 e. The van der Waals surface area contributed by atoms with Crippen molar-refractivity contribution < 1.29 is 4.79 Å². The van der Waals surface area contributed by atoms with E-state index < -0.39 is 0 Å². The third-order valence-corrected chi connectivity index (χ3v) is 3.87. The Balaban J connectivity index is 1.59. The van der Waals surface area contributed by atoms with Crippen LogP contribution in [0.4, 0.5) is 0 Å². The summed E-state index contributed by atoms with van der Waals surface area (Å²) in [7, 11) is 0. The molecule has 0 fully saturated rings. The van der Waals surface area contributed by atoms with E-state index in [-0.39, 0.29) is 5.91 Å². The maximum absolute atomic E-state index is 12.2. The van der Waals surface area contributed by atoms with E-state index in [2.05, 4.69) is 26.3 Å².